The Morgan fingerprint density at radius 3 is 2.28 bits per heavy atom. The molecular weight excluding hydrogens is 312 g/mol. The van der Waals surface area contributed by atoms with E-state index in [9.17, 15) is 4.79 Å². The van der Waals surface area contributed by atoms with Crippen LogP contribution >= 0.6 is 0 Å². The maximum absolute atomic E-state index is 12.0. The molecule has 0 spiro atoms. The van der Waals surface area contributed by atoms with Gasteiger partial charge in [-0.3, -0.25) is 0 Å². The van der Waals surface area contributed by atoms with Crippen LogP contribution in [0.1, 0.15) is 56.3 Å². The quantitative estimate of drug-likeness (QED) is 0.307. The van der Waals surface area contributed by atoms with Crippen LogP contribution in [0, 0.1) is 5.92 Å². The normalized spacial score (nSPS) is 11.8. The Morgan fingerprint density at radius 1 is 0.920 bits per heavy atom. The van der Waals surface area contributed by atoms with Crippen molar-refractivity contribution < 1.29 is 14.3 Å². The molecule has 2 rings (SSSR count). The molecule has 3 nitrogen and oxygen atoms in total. The van der Waals surface area contributed by atoms with Gasteiger partial charge in [0.2, 0.25) is 0 Å². The first kappa shape index (κ1) is 19.0. The summed E-state index contributed by atoms with van der Waals surface area (Å²) < 4.78 is 11.2. The van der Waals surface area contributed by atoms with Gasteiger partial charge < -0.3 is 9.47 Å². The lowest BCUT2D eigenvalue weighted by molar-refractivity contribution is 0.0734. The van der Waals surface area contributed by atoms with E-state index in [0.29, 0.717) is 17.2 Å². The summed E-state index contributed by atoms with van der Waals surface area (Å²) in [6.45, 7) is 5.17. The minimum absolute atomic E-state index is 0.352. The number of hydrogen-bond donors (Lipinski definition) is 0. The second-order valence-electron chi connectivity index (χ2n) is 6.49. The predicted octanol–water partition coefficient (Wildman–Crippen LogP) is 5.89. The zero-order valence-corrected chi connectivity index (χ0v) is 15.2. The molecule has 25 heavy (non-hydrogen) atoms. The third kappa shape index (κ3) is 7.00. The molecule has 2 aromatic rings. The molecule has 3 heteroatoms. The number of unbranched alkanes of at least 4 members (excludes halogenated alkanes) is 3. The number of carbonyl (C=O) groups is 1. The van der Waals surface area contributed by atoms with Crippen LogP contribution in [0.25, 0.3) is 0 Å². The van der Waals surface area contributed by atoms with E-state index in [2.05, 4.69) is 13.8 Å². The van der Waals surface area contributed by atoms with E-state index in [0.717, 1.165) is 12.4 Å². The van der Waals surface area contributed by atoms with Crippen molar-refractivity contribution in [3.05, 3.63) is 60.2 Å². The number of benzene rings is 2. The zero-order valence-electron chi connectivity index (χ0n) is 15.2. The number of ether oxygens (including phenoxy) is 2. The zero-order chi connectivity index (χ0) is 17.9. The van der Waals surface area contributed by atoms with Gasteiger partial charge in [0.05, 0.1) is 12.2 Å². The summed E-state index contributed by atoms with van der Waals surface area (Å²) in [6, 6.07) is 16.2. The highest BCUT2D eigenvalue weighted by molar-refractivity contribution is 5.90. The molecule has 134 valence electrons. The molecule has 0 saturated carbocycles. The van der Waals surface area contributed by atoms with Crippen LogP contribution in [0.3, 0.4) is 0 Å². The van der Waals surface area contributed by atoms with Crippen molar-refractivity contribution in [2.45, 2.75) is 46.0 Å². The van der Waals surface area contributed by atoms with Gasteiger partial charge in [-0.25, -0.2) is 4.79 Å². The van der Waals surface area contributed by atoms with Crippen LogP contribution in [-0.2, 0) is 0 Å². The Kier molecular flexibility index (Phi) is 8.03. The highest BCUT2D eigenvalue weighted by Gasteiger charge is 2.08. The summed E-state index contributed by atoms with van der Waals surface area (Å²) in [6.07, 6.45) is 6.37. The number of carbonyl (C=O) groups excluding carboxylic acids is 1. The Balaban J connectivity index is 1.75. The fraction of sp³-hybridized carbons (Fsp3) is 0.409. The van der Waals surface area contributed by atoms with Gasteiger partial charge in [0.15, 0.2) is 0 Å². The second-order valence-corrected chi connectivity index (χ2v) is 6.49. The highest BCUT2D eigenvalue weighted by atomic mass is 16.5. The van der Waals surface area contributed by atoms with E-state index < -0.39 is 0 Å². The van der Waals surface area contributed by atoms with Gasteiger partial charge in [-0.15, -0.1) is 0 Å². The predicted molar refractivity (Wildman–Crippen MR) is 101 cm³/mol. The summed E-state index contributed by atoms with van der Waals surface area (Å²) in [5, 5.41) is 0. The topological polar surface area (TPSA) is 35.5 Å². The molecule has 0 aliphatic carbocycles. The molecule has 2 aromatic carbocycles. The van der Waals surface area contributed by atoms with E-state index in [1.807, 2.05) is 30.3 Å². The van der Waals surface area contributed by atoms with E-state index >= 15 is 0 Å². The van der Waals surface area contributed by atoms with Crippen molar-refractivity contribution in [2.24, 2.45) is 5.92 Å². The van der Waals surface area contributed by atoms with Crippen molar-refractivity contribution in [2.75, 3.05) is 6.61 Å². The summed E-state index contributed by atoms with van der Waals surface area (Å²) >= 11 is 0. The summed E-state index contributed by atoms with van der Waals surface area (Å²) in [5.74, 6) is 1.52. The fourth-order valence-corrected chi connectivity index (χ4v) is 2.59. The molecule has 1 atom stereocenters. The molecule has 0 radical (unpaired) electrons. The Hall–Kier alpha value is -2.29. The van der Waals surface area contributed by atoms with Gasteiger partial charge in [-0.2, -0.15) is 0 Å². The van der Waals surface area contributed by atoms with Crippen LogP contribution in [0.5, 0.6) is 11.5 Å². The highest BCUT2D eigenvalue weighted by Crippen LogP contribution is 2.20. The van der Waals surface area contributed by atoms with Crippen LogP contribution in [0.15, 0.2) is 54.6 Å². The standard InChI is InChI=1S/C22H28O3/c1-3-4-5-7-10-18(2)17-24-20-13-15-21(16-14-20)25-22(23)19-11-8-6-9-12-19/h6,8-9,11-16,18H,3-5,7,10,17H2,1-2H3/t18-/m0/s1. The lowest BCUT2D eigenvalue weighted by atomic mass is 10.0. The van der Waals surface area contributed by atoms with Gasteiger partial charge in [-0.05, 0) is 48.7 Å². The molecule has 0 aliphatic heterocycles. The van der Waals surface area contributed by atoms with E-state index in [1.165, 1.54) is 32.1 Å². The molecule has 0 aliphatic rings. The first-order valence-corrected chi connectivity index (χ1v) is 9.19. The maximum Gasteiger partial charge on any atom is 0.343 e. The molecular formula is C22H28O3. The van der Waals surface area contributed by atoms with Crippen LogP contribution in [0.4, 0.5) is 0 Å². The third-order valence-electron chi connectivity index (χ3n) is 4.13. The summed E-state index contributed by atoms with van der Waals surface area (Å²) in [4.78, 5) is 12.0. The SMILES string of the molecule is CCCCCC[C@H](C)COc1ccc(OC(=O)c2ccccc2)cc1. The molecule has 0 heterocycles. The van der Waals surface area contributed by atoms with Gasteiger partial charge in [0, 0.05) is 0 Å². The van der Waals surface area contributed by atoms with E-state index in [4.69, 9.17) is 9.47 Å². The average Bonchev–Trinajstić information content (AvgIpc) is 2.65. The first-order chi connectivity index (χ1) is 12.2. The van der Waals surface area contributed by atoms with Crippen molar-refractivity contribution in [3.8, 4) is 11.5 Å². The van der Waals surface area contributed by atoms with Gasteiger partial charge in [0.1, 0.15) is 11.5 Å². The Morgan fingerprint density at radius 2 is 1.60 bits per heavy atom. The molecule has 0 aromatic heterocycles. The maximum atomic E-state index is 12.0. The van der Waals surface area contributed by atoms with Gasteiger partial charge in [0.25, 0.3) is 0 Å². The number of rotatable bonds is 10. The van der Waals surface area contributed by atoms with Gasteiger partial charge in [-0.1, -0.05) is 57.7 Å². The molecule has 0 unspecified atom stereocenters. The van der Waals surface area contributed by atoms with E-state index in [-0.39, 0.29) is 5.97 Å². The molecule has 0 amide bonds. The smallest absolute Gasteiger partial charge is 0.343 e. The lowest BCUT2D eigenvalue weighted by Gasteiger charge is -2.13. The number of esters is 1. The lowest BCUT2D eigenvalue weighted by Crippen LogP contribution is -2.09. The first-order valence-electron chi connectivity index (χ1n) is 9.19. The molecule has 0 bridgehead atoms. The summed E-state index contributed by atoms with van der Waals surface area (Å²) in [7, 11) is 0. The van der Waals surface area contributed by atoms with Crippen molar-refractivity contribution in [3.63, 3.8) is 0 Å². The van der Waals surface area contributed by atoms with Crippen LogP contribution in [-0.4, -0.2) is 12.6 Å². The van der Waals surface area contributed by atoms with Crippen molar-refractivity contribution in [1.82, 2.24) is 0 Å². The molecule has 0 saturated heterocycles. The number of hydrogen-bond acceptors (Lipinski definition) is 3. The van der Waals surface area contributed by atoms with Crippen molar-refractivity contribution in [1.29, 1.82) is 0 Å². The third-order valence-corrected chi connectivity index (χ3v) is 4.13. The fourth-order valence-electron chi connectivity index (χ4n) is 2.59. The van der Waals surface area contributed by atoms with Gasteiger partial charge >= 0.3 is 5.97 Å². The van der Waals surface area contributed by atoms with Crippen molar-refractivity contribution >= 4 is 5.97 Å². The van der Waals surface area contributed by atoms with Crippen LogP contribution < -0.4 is 9.47 Å². The summed E-state index contributed by atoms with van der Waals surface area (Å²) in [5.41, 5.74) is 0.541. The minimum Gasteiger partial charge on any atom is -0.493 e. The second kappa shape index (κ2) is 10.5. The Bertz CT molecular complexity index is 619. The molecule has 0 N–H and O–H groups in total. The van der Waals surface area contributed by atoms with E-state index in [1.54, 1.807) is 24.3 Å². The monoisotopic (exact) mass is 340 g/mol. The largest absolute Gasteiger partial charge is 0.493 e. The van der Waals surface area contributed by atoms with Crippen LogP contribution in [0.2, 0.25) is 0 Å². The minimum atomic E-state index is -0.352. The molecule has 0 fully saturated rings. The Labute approximate surface area is 151 Å². The average molecular weight is 340 g/mol.